The standard InChI is InChI=1S/C18H31F2I2N4O5/c1-8-10(4)13(26-31-7)15(28)14(27)12(9(2)3)24-21-22-25-17(30)18(19,20)16(29)11(5)23-6/h9-13,23-24,26H,8H2,1-7H3/q-1/t10-,11-,12-,13-/m0/s1. The molecular formula is C18H31F2I2N4O5-. The summed E-state index contributed by atoms with van der Waals surface area (Å²) in [7, 11) is 2.69. The number of ketones is 3. The number of likely N-dealkylation sites (N-methyl/N-ethyl adjacent to an activating group) is 1. The van der Waals surface area contributed by atoms with Crippen LogP contribution in [-0.4, -0.2) is 61.5 Å². The summed E-state index contributed by atoms with van der Waals surface area (Å²) in [5.41, 5.74) is 2.57. The molecule has 0 radical (unpaired) electrons. The third kappa shape index (κ3) is 9.19. The first-order valence-electron chi connectivity index (χ1n) is 9.60. The first kappa shape index (κ1) is 30.6. The molecule has 0 aliphatic carbocycles. The number of carbonyl (C=O) groups is 4. The third-order valence-corrected chi connectivity index (χ3v) is 10.4. The van der Waals surface area contributed by atoms with Gasteiger partial charge in [0.2, 0.25) is 0 Å². The van der Waals surface area contributed by atoms with Gasteiger partial charge in [-0.1, -0.05) is 0 Å². The van der Waals surface area contributed by atoms with Crippen LogP contribution in [0.1, 0.15) is 41.0 Å². The number of hydroxylamine groups is 1. The number of amides is 1. The molecule has 0 heterocycles. The number of nitrogens with one attached hydrogen (secondary N) is 3. The molecule has 0 spiro atoms. The summed E-state index contributed by atoms with van der Waals surface area (Å²) in [6.45, 7) is 8.44. The summed E-state index contributed by atoms with van der Waals surface area (Å²) in [5, 5.41) is 2.37. The Bertz CT molecular complexity index is 679. The number of nitrogens with zero attached hydrogens (tertiary/aromatic N) is 1. The fourth-order valence-electron chi connectivity index (χ4n) is 2.24. The maximum absolute atomic E-state index is 13.9. The number of hydrogen-bond donors (Lipinski definition) is 3. The van der Waals surface area contributed by atoms with E-state index in [2.05, 4.69) is 17.5 Å². The summed E-state index contributed by atoms with van der Waals surface area (Å²) < 4.78 is 34.2. The molecule has 0 aromatic heterocycles. The molecule has 1 amide bonds. The molecule has 0 saturated heterocycles. The van der Waals surface area contributed by atoms with Gasteiger partial charge >= 0.3 is 199 Å². The van der Waals surface area contributed by atoms with Crippen LogP contribution in [0.4, 0.5) is 8.78 Å². The van der Waals surface area contributed by atoms with E-state index < -0.39 is 81.9 Å². The van der Waals surface area contributed by atoms with E-state index in [0.717, 1.165) is 0 Å². The molecule has 0 unspecified atom stereocenters. The second-order valence-electron chi connectivity index (χ2n) is 7.22. The van der Waals surface area contributed by atoms with Gasteiger partial charge in [-0.3, -0.25) is 0 Å². The molecule has 0 aromatic carbocycles. The molecule has 0 aliphatic rings. The zero-order chi connectivity index (χ0) is 24.4. The fourth-order valence-corrected chi connectivity index (χ4v) is 8.30. The number of Topliss-reactive ketones (excluding diaryl/α,β-unsaturated/α-hetero) is 3. The predicted octanol–water partition coefficient (Wildman–Crippen LogP) is -1.28. The molecule has 9 nitrogen and oxygen atoms in total. The number of alkyl halides is 2. The monoisotopic (exact) mass is 675 g/mol. The molecule has 0 aromatic rings. The SMILES string of the molecule is CC[C@H](C)[C@H](NOC)C(=O)C(=O)[C@@H](N[I-]I=NC(=O)C(F)(F)C(=O)[C@H](C)NC)C(C)C. The van der Waals surface area contributed by atoms with Crippen molar-refractivity contribution in [2.24, 2.45) is 15.0 Å². The van der Waals surface area contributed by atoms with E-state index >= 15 is 0 Å². The van der Waals surface area contributed by atoms with Crippen LogP contribution >= 0.6 is 17.1 Å². The van der Waals surface area contributed by atoms with Crippen molar-refractivity contribution in [3.05, 3.63) is 0 Å². The van der Waals surface area contributed by atoms with Gasteiger partial charge in [-0.25, -0.2) is 0 Å². The molecule has 0 rings (SSSR count). The quantitative estimate of drug-likeness (QED) is 0.0645. The van der Waals surface area contributed by atoms with Crippen LogP contribution in [0.25, 0.3) is 0 Å². The zero-order valence-corrected chi connectivity index (χ0v) is 22.9. The van der Waals surface area contributed by atoms with Crippen LogP contribution in [0.3, 0.4) is 0 Å². The molecule has 182 valence electrons. The van der Waals surface area contributed by atoms with E-state index in [1.165, 1.54) is 21.1 Å². The summed E-state index contributed by atoms with van der Waals surface area (Å²) in [4.78, 5) is 53.7. The van der Waals surface area contributed by atoms with Crippen molar-refractivity contribution in [1.29, 1.82) is 0 Å². The summed E-state index contributed by atoms with van der Waals surface area (Å²) >= 11 is -2.45. The Kier molecular flexibility index (Phi) is 14.5. The summed E-state index contributed by atoms with van der Waals surface area (Å²) in [6.07, 6.45) is 0.651. The maximum atomic E-state index is 13.9. The van der Waals surface area contributed by atoms with Gasteiger partial charge in [-0.15, -0.1) is 0 Å². The third-order valence-electron chi connectivity index (χ3n) is 4.64. The van der Waals surface area contributed by atoms with Gasteiger partial charge in [0, 0.05) is 0 Å². The predicted molar refractivity (Wildman–Crippen MR) is 115 cm³/mol. The normalized spacial score (nSPS) is 16.6. The Balaban J connectivity index is 5.18. The van der Waals surface area contributed by atoms with E-state index in [0.29, 0.717) is 6.42 Å². The van der Waals surface area contributed by atoms with Gasteiger partial charge in [0.05, 0.1) is 0 Å². The van der Waals surface area contributed by atoms with Crippen LogP contribution in [0, 0.1) is 11.8 Å². The minimum atomic E-state index is -4.19. The van der Waals surface area contributed by atoms with E-state index in [-0.39, 0.29) is 11.8 Å². The van der Waals surface area contributed by atoms with E-state index in [1.807, 2.05) is 13.8 Å². The first-order chi connectivity index (χ1) is 14.4. The molecule has 0 aliphatic heterocycles. The first-order valence-corrected chi connectivity index (χ1v) is 17.9. The number of rotatable bonds is 15. The van der Waals surface area contributed by atoms with Gasteiger partial charge in [0.1, 0.15) is 0 Å². The number of halogens is 4. The Hall–Kier alpha value is -0.360. The molecule has 0 bridgehead atoms. The van der Waals surface area contributed by atoms with Crippen LogP contribution in [0.15, 0.2) is 3.15 Å². The van der Waals surface area contributed by atoms with Crippen molar-refractivity contribution in [3.8, 4) is 0 Å². The fraction of sp³-hybridized carbons (Fsp3) is 0.778. The van der Waals surface area contributed by atoms with Crippen LogP contribution in [-0.2, 0) is 24.0 Å². The molecule has 31 heavy (non-hydrogen) atoms. The topological polar surface area (TPSA) is 126 Å². The molecule has 3 N–H and O–H groups in total. The van der Waals surface area contributed by atoms with Gasteiger partial charge in [0.25, 0.3) is 0 Å². The Labute approximate surface area is 198 Å². The Morgan fingerprint density at radius 2 is 1.65 bits per heavy atom. The average Bonchev–Trinajstić information content (AvgIpc) is 2.74. The van der Waals surface area contributed by atoms with Crippen LogP contribution < -0.4 is 31.8 Å². The second kappa shape index (κ2) is 14.7. The van der Waals surface area contributed by atoms with Gasteiger partial charge in [0.15, 0.2) is 0 Å². The molecule has 4 atom stereocenters. The van der Waals surface area contributed by atoms with Crippen LogP contribution in [0.2, 0.25) is 0 Å². The summed E-state index contributed by atoms with van der Waals surface area (Å²) in [5.74, 6) is -9.14. The number of hydrogen-bond acceptors (Lipinski definition) is 8. The molecule has 13 heteroatoms. The van der Waals surface area contributed by atoms with Crippen molar-refractivity contribution in [2.75, 3.05) is 14.2 Å². The Morgan fingerprint density at radius 1 is 1.10 bits per heavy atom. The Morgan fingerprint density at radius 3 is 2.10 bits per heavy atom. The average molecular weight is 675 g/mol. The number of carbonyl (C=O) groups excluding carboxylic acids is 4. The van der Waals surface area contributed by atoms with Crippen LogP contribution in [0.5, 0.6) is 0 Å². The van der Waals surface area contributed by atoms with Crippen molar-refractivity contribution in [2.45, 2.75) is 65.1 Å². The second-order valence-corrected chi connectivity index (χ2v) is 14.3. The molecular weight excluding hydrogens is 644 g/mol. The van der Waals surface area contributed by atoms with E-state index in [9.17, 15) is 28.0 Å². The van der Waals surface area contributed by atoms with E-state index in [1.54, 1.807) is 13.8 Å². The van der Waals surface area contributed by atoms with Gasteiger partial charge in [-0.2, -0.15) is 0 Å². The molecule has 0 fully saturated rings. The molecule has 0 saturated carbocycles. The van der Waals surface area contributed by atoms with Crippen molar-refractivity contribution >= 4 is 40.3 Å². The summed E-state index contributed by atoms with van der Waals surface area (Å²) in [6, 6.07) is -2.81. The minimum absolute atomic E-state index is 0.140. The zero-order valence-electron chi connectivity index (χ0n) is 18.6. The van der Waals surface area contributed by atoms with Gasteiger partial charge < -0.3 is 0 Å². The van der Waals surface area contributed by atoms with Crippen molar-refractivity contribution in [1.82, 2.24) is 14.3 Å². The van der Waals surface area contributed by atoms with E-state index in [4.69, 9.17) is 4.84 Å². The van der Waals surface area contributed by atoms with Crippen molar-refractivity contribution in [3.63, 3.8) is 0 Å². The van der Waals surface area contributed by atoms with Crippen molar-refractivity contribution < 1.29 is 50.3 Å². The van der Waals surface area contributed by atoms with Gasteiger partial charge in [-0.05, 0) is 0 Å².